The Balaban J connectivity index is 1.61. The second-order valence-corrected chi connectivity index (χ2v) is 8.37. The van der Waals surface area contributed by atoms with E-state index in [0.29, 0.717) is 13.1 Å². The normalized spacial score (nSPS) is 16.0. The van der Waals surface area contributed by atoms with Crippen LogP contribution in [0.1, 0.15) is 11.1 Å². The molecule has 2 aromatic carbocycles. The van der Waals surface area contributed by atoms with Crippen LogP contribution in [0.15, 0.2) is 59.5 Å². The largest absolute Gasteiger partial charge is 0.337 e. The summed E-state index contributed by atoms with van der Waals surface area (Å²) >= 11 is 0. The average molecular weight is 388 g/mol. The molecular formula is C20H21FN2O3S. The number of piperazine rings is 1. The summed E-state index contributed by atoms with van der Waals surface area (Å²) in [7, 11) is -3.76. The number of hydrogen-bond acceptors (Lipinski definition) is 3. The van der Waals surface area contributed by atoms with Crippen LogP contribution >= 0.6 is 0 Å². The topological polar surface area (TPSA) is 57.7 Å². The van der Waals surface area contributed by atoms with Crippen molar-refractivity contribution in [1.29, 1.82) is 0 Å². The zero-order valence-corrected chi connectivity index (χ0v) is 15.8. The van der Waals surface area contributed by atoms with E-state index >= 15 is 0 Å². The van der Waals surface area contributed by atoms with Gasteiger partial charge >= 0.3 is 0 Å². The van der Waals surface area contributed by atoms with Crippen molar-refractivity contribution in [2.75, 3.05) is 26.2 Å². The van der Waals surface area contributed by atoms with E-state index in [2.05, 4.69) is 0 Å². The van der Waals surface area contributed by atoms with Crippen LogP contribution in [0.3, 0.4) is 0 Å². The molecule has 0 N–H and O–H groups in total. The average Bonchev–Trinajstić information content (AvgIpc) is 2.67. The second-order valence-electron chi connectivity index (χ2n) is 6.43. The van der Waals surface area contributed by atoms with Crippen molar-refractivity contribution in [3.8, 4) is 0 Å². The van der Waals surface area contributed by atoms with Gasteiger partial charge in [0, 0.05) is 32.3 Å². The number of halogens is 1. The van der Waals surface area contributed by atoms with Gasteiger partial charge in [-0.15, -0.1) is 0 Å². The molecule has 1 aliphatic rings. The standard InChI is InChI=1S/C20H21FN2O3S/c1-16-5-7-17(8-6-16)9-10-20(24)22-11-13-23(14-12-22)27(25,26)19-4-2-3-18(21)15-19/h2-10,15H,11-14H2,1H3/b10-9+. The first kappa shape index (κ1) is 19.3. The van der Waals surface area contributed by atoms with Gasteiger partial charge in [-0.25, -0.2) is 12.8 Å². The third kappa shape index (κ3) is 4.61. The van der Waals surface area contributed by atoms with E-state index in [1.807, 2.05) is 31.2 Å². The zero-order valence-electron chi connectivity index (χ0n) is 15.0. The summed E-state index contributed by atoms with van der Waals surface area (Å²) in [5, 5.41) is 0. The Morgan fingerprint density at radius 2 is 1.70 bits per heavy atom. The molecule has 0 bridgehead atoms. The molecular weight excluding hydrogens is 367 g/mol. The van der Waals surface area contributed by atoms with Gasteiger partial charge in [0.15, 0.2) is 0 Å². The number of nitrogens with zero attached hydrogens (tertiary/aromatic N) is 2. The van der Waals surface area contributed by atoms with Gasteiger partial charge in [0.25, 0.3) is 0 Å². The van der Waals surface area contributed by atoms with Gasteiger partial charge in [-0.2, -0.15) is 4.31 Å². The zero-order chi connectivity index (χ0) is 19.4. The summed E-state index contributed by atoms with van der Waals surface area (Å²) < 4.78 is 39.8. The molecule has 1 aliphatic heterocycles. The maximum Gasteiger partial charge on any atom is 0.246 e. The van der Waals surface area contributed by atoms with E-state index in [1.54, 1.807) is 11.0 Å². The minimum absolute atomic E-state index is 0.0680. The predicted molar refractivity (Wildman–Crippen MR) is 102 cm³/mol. The van der Waals surface area contributed by atoms with E-state index in [-0.39, 0.29) is 23.9 Å². The molecule has 0 radical (unpaired) electrons. The van der Waals surface area contributed by atoms with Gasteiger partial charge < -0.3 is 4.90 Å². The lowest BCUT2D eigenvalue weighted by atomic mass is 10.1. The Bertz CT molecular complexity index is 947. The van der Waals surface area contributed by atoms with E-state index in [0.717, 1.165) is 17.2 Å². The van der Waals surface area contributed by atoms with E-state index < -0.39 is 15.8 Å². The van der Waals surface area contributed by atoms with E-state index in [1.165, 1.54) is 28.6 Å². The molecule has 27 heavy (non-hydrogen) atoms. The Morgan fingerprint density at radius 3 is 2.33 bits per heavy atom. The summed E-state index contributed by atoms with van der Waals surface area (Å²) in [5.74, 6) is -0.746. The van der Waals surface area contributed by atoms with Crippen molar-refractivity contribution >= 4 is 22.0 Å². The molecule has 2 aromatic rings. The van der Waals surface area contributed by atoms with Crippen molar-refractivity contribution in [1.82, 2.24) is 9.21 Å². The van der Waals surface area contributed by atoms with Gasteiger partial charge in [0.2, 0.25) is 15.9 Å². The van der Waals surface area contributed by atoms with Gasteiger partial charge in [-0.05, 0) is 36.8 Å². The van der Waals surface area contributed by atoms with Crippen molar-refractivity contribution < 1.29 is 17.6 Å². The molecule has 0 saturated carbocycles. The van der Waals surface area contributed by atoms with Gasteiger partial charge in [-0.3, -0.25) is 4.79 Å². The summed E-state index contributed by atoms with van der Waals surface area (Å²) in [5.41, 5.74) is 2.08. The summed E-state index contributed by atoms with van der Waals surface area (Å²) in [6.45, 7) is 2.96. The number of benzene rings is 2. The third-order valence-corrected chi connectivity index (χ3v) is 6.37. The highest BCUT2D eigenvalue weighted by Gasteiger charge is 2.29. The molecule has 1 heterocycles. The fourth-order valence-corrected chi connectivity index (χ4v) is 4.33. The summed E-state index contributed by atoms with van der Waals surface area (Å²) in [6.07, 6.45) is 3.25. The lowest BCUT2D eigenvalue weighted by molar-refractivity contribution is -0.127. The van der Waals surface area contributed by atoms with Crippen molar-refractivity contribution in [2.45, 2.75) is 11.8 Å². The molecule has 0 unspecified atom stereocenters. The molecule has 7 heteroatoms. The van der Waals surface area contributed by atoms with Crippen LogP contribution in [0.5, 0.6) is 0 Å². The first-order chi connectivity index (χ1) is 12.9. The van der Waals surface area contributed by atoms with Crippen LogP contribution < -0.4 is 0 Å². The minimum atomic E-state index is -3.76. The number of rotatable bonds is 4. The quantitative estimate of drug-likeness (QED) is 0.757. The smallest absolute Gasteiger partial charge is 0.246 e. The van der Waals surface area contributed by atoms with Crippen molar-refractivity contribution in [3.05, 3.63) is 71.6 Å². The maximum atomic E-state index is 13.3. The number of sulfonamides is 1. The molecule has 5 nitrogen and oxygen atoms in total. The second kappa shape index (κ2) is 8.02. The van der Waals surface area contributed by atoms with Crippen LogP contribution in [-0.4, -0.2) is 49.7 Å². The Morgan fingerprint density at radius 1 is 1.04 bits per heavy atom. The van der Waals surface area contributed by atoms with Crippen LogP contribution in [-0.2, 0) is 14.8 Å². The fourth-order valence-electron chi connectivity index (χ4n) is 2.88. The number of amides is 1. The van der Waals surface area contributed by atoms with E-state index in [4.69, 9.17) is 0 Å². The van der Waals surface area contributed by atoms with Crippen LogP contribution in [0, 0.1) is 12.7 Å². The monoisotopic (exact) mass is 388 g/mol. The lowest BCUT2D eigenvalue weighted by Crippen LogP contribution is -2.50. The fraction of sp³-hybridized carbons (Fsp3) is 0.250. The summed E-state index contributed by atoms with van der Waals surface area (Å²) in [6, 6.07) is 12.8. The maximum absolute atomic E-state index is 13.3. The van der Waals surface area contributed by atoms with Crippen molar-refractivity contribution in [3.63, 3.8) is 0 Å². The minimum Gasteiger partial charge on any atom is -0.337 e. The number of carbonyl (C=O) groups excluding carboxylic acids is 1. The Hall–Kier alpha value is -2.51. The van der Waals surface area contributed by atoms with Crippen LogP contribution in [0.2, 0.25) is 0 Å². The van der Waals surface area contributed by atoms with Crippen LogP contribution in [0.4, 0.5) is 4.39 Å². The highest BCUT2D eigenvalue weighted by atomic mass is 32.2. The van der Waals surface area contributed by atoms with E-state index in [9.17, 15) is 17.6 Å². The first-order valence-corrected chi connectivity index (χ1v) is 10.1. The lowest BCUT2D eigenvalue weighted by Gasteiger charge is -2.33. The molecule has 0 aromatic heterocycles. The summed E-state index contributed by atoms with van der Waals surface area (Å²) in [4.78, 5) is 13.9. The third-order valence-electron chi connectivity index (χ3n) is 4.48. The van der Waals surface area contributed by atoms with Crippen LogP contribution in [0.25, 0.3) is 6.08 Å². The molecule has 1 fully saturated rings. The molecule has 0 atom stereocenters. The van der Waals surface area contributed by atoms with Gasteiger partial charge in [0.1, 0.15) is 5.82 Å². The molecule has 0 spiro atoms. The SMILES string of the molecule is Cc1ccc(/C=C/C(=O)N2CCN(S(=O)(=O)c3cccc(F)c3)CC2)cc1. The predicted octanol–water partition coefficient (Wildman–Crippen LogP) is 2.68. The highest BCUT2D eigenvalue weighted by Crippen LogP contribution is 2.18. The van der Waals surface area contributed by atoms with Crippen molar-refractivity contribution in [2.24, 2.45) is 0 Å². The molecule has 3 rings (SSSR count). The molecule has 1 saturated heterocycles. The molecule has 1 amide bonds. The first-order valence-electron chi connectivity index (χ1n) is 8.66. The van der Waals surface area contributed by atoms with Gasteiger partial charge in [0.05, 0.1) is 4.90 Å². The Kier molecular flexibility index (Phi) is 5.72. The molecule has 142 valence electrons. The Labute approximate surface area is 158 Å². The molecule has 0 aliphatic carbocycles. The number of carbonyl (C=O) groups is 1. The van der Waals surface area contributed by atoms with Gasteiger partial charge in [-0.1, -0.05) is 35.9 Å². The highest BCUT2D eigenvalue weighted by molar-refractivity contribution is 7.89. The number of hydrogen-bond donors (Lipinski definition) is 0. The number of aryl methyl sites for hydroxylation is 1.